The van der Waals surface area contributed by atoms with Gasteiger partial charge in [-0.05, 0) is 45.0 Å². The maximum absolute atomic E-state index is 12.1. The molecular formula is C15H19N3O2. The van der Waals surface area contributed by atoms with Crippen LogP contribution in [-0.2, 0) is 4.79 Å². The van der Waals surface area contributed by atoms with Crippen LogP contribution < -0.4 is 10.6 Å². The molecule has 0 bridgehead atoms. The second-order valence-electron chi connectivity index (χ2n) is 5.14. The summed E-state index contributed by atoms with van der Waals surface area (Å²) in [5.41, 5.74) is 1.52. The summed E-state index contributed by atoms with van der Waals surface area (Å²) < 4.78 is 0. The predicted molar refractivity (Wildman–Crippen MR) is 78.5 cm³/mol. The van der Waals surface area contributed by atoms with Crippen LogP contribution in [0.5, 0.6) is 0 Å². The van der Waals surface area contributed by atoms with Gasteiger partial charge in [0.05, 0.1) is 0 Å². The van der Waals surface area contributed by atoms with Gasteiger partial charge in [0.1, 0.15) is 6.04 Å². The third kappa shape index (κ3) is 3.17. The minimum absolute atomic E-state index is 0.0538. The van der Waals surface area contributed by atoms with Gasteiger partial charge in [0, 0.05) is 28.7 Å². The topological polar surface area (TPSA) is 74.0 Å². The van der Waals surface area contributed by atoms with Crippen molar-refractivity contribution >= 4 is 22.7 Å². The lowest BCUT2D eigenvalue weighted by Gasteiger charge is -2.16. The third-order valence-electron chi connectivity index (χ3n) is 2.99. The van der Waals surface area contributed by atoms with Crippen LogP contribution in [0.2, 0.25) is 0 Å². The van der Waals surface area contributed by atoms with Crippen LogP contribution in [0.4, 0.5) is 0 Å². The van der Waals surface area contributed by atoms with Crippen LogP contribution >= 0.6 is 0 Å². The standard InChI is InChI=1S/C15H19N3O2/c1-9(2)17-14(19)10(3)18-15(20)12-4-5-13-11(8-12)6-7-16-13/h4-10,16H,1-3H3,(H,17,19)(H,18,20). The molecule has 2 aromatic rings. The van der Waals surface area contributed by atoms with E-state index >= 15 is 0 Å². The van der Waals surface area contributed by atoms with E-state index < -0.39 is 6.04 Å². The van der Waals surface area contributed by atoms with Crippen LogP contribution in [0.15, 0.2) is 30.5 Å². The SMILES string of the molecule is CC(C)NC(=O)C(C)NC(=O)c1ccc2[nH]ccc2c1. The Morgan fingerprint density at radius 2 is 1.85 bits per heavy atom. The highest BCUT2D eigenvalue weighted by atomic mass is 16.2. The maximum Gasteiger partial charge on any atom is 0.251 e. The molecule has 1 atom stereocenters. The Morgan fingerprint density at radius 1 is 1.10 bits per heavy atom. The Balaban J connectivity index is 2.05. The lowest BCUT2D eigenvalue weighted by atomic mass is 10.1. The number of aromatic nitrogens is 1. The summed E-state index contributed by atoms with van der Waals surface area (Å²) in [7, 11) is 0. The lowest BCUT2D eigenvalue weighted by Crippen LogP contribution is -2.46. The summed E-state index contributed by atoms with van der Waals surface area (Å²) in [6, 6.07) is 6.78. The Hall–Kier alpha value is -2.30. The fourth-order valence-electron chi connectivity index (χ4n) is 1.95. The molecule has 20 heavy (non-hydrogen) atoms. The van der Waals surface area contributed by atoms with Crippen molar-refractivity contribution in [1.82, 2.24) is 15.6 Å². The molecule has 2 rings (SSSR count). The summed E-state index contributed by atoms with van der Waals surface area (Å²) in [6.45, 7) is 5.43. The first-order chi connectivity index (χ1) is 9.47. The molecule has 0 aliphatic carbocycles. The van der Waals surface area contributed by atoms with Gasteiger partial charge in [0.15, 0.2) is 0 Å². The molecule has 0 saturated heterocycles. The zero-order chi connectivity index (χ0) is 14.7. The predicted octanol–water partition coefficient (Wildman–Crippen LogP) is 1.81. The van der Waals surface area contributed by atoms with Gasteiger partial charge in [-0.3, -0.25) is 9.59 Å². The minimum atomic E-state index is -0.563. The molecule has 1 unspecified atom stereocenters. The quantitative estimate of drug-likeness (QED) is 0.795. The fraction of sp³-hybridized carbons (Fsp3) is 0.333. The molecule has 0 spiro atoms. The van der Waals surface area contributed by atoms with Crippen molar-refractivity contribution in [1.29, 1.82) is 0 Å². The van der Waals surface area contributed by atoms with E-state index in [1.165, 1.54) is 0 Å². The Labute approximate surface area is 117 Å². The van der Waals surface area contributed by atoms with Gasteiger partial charge in [0.25, 0.3) is 5.91 Å². The smallest absolute Gasteiger partial charge is 0.251 e. The monoisotopic (exact) mass is 273 g/mol. The second-order valence-corrected chi connectivity index (χ2v) is 5.14. The molecule has 0 aliphatic rings. The van der Waals surface area contributed by atoms with Crippen molar-refractivity contribution in [3.05, 3.63) is 36.0 Å². The maximum atomic E-state index is 12.1. The molecular weight excluding hydrogens is 254 g/mol. The summed E-state index contributed by atoms with van der Waals surface area (Å²) in [5, 5.41) is 6.43. The number of rotatable bonds is 4. The first-order valence-corrected chi connectivity index (χ1v) is 6.66. The molecule has 3 N–H and O–H groups in total. The molecule has 1 aromatic heterocycles. The zero-order valence-corrected chi connectivity index (χ0v) is 11.9. The second kappa shape index (κ2) is 5.77. The average molecular weight is 273 g/mol. The van der Waals surface area contributed by atoms with Crippen molar-refractivity contribution in [2.75, 3.05) is 0 Å². The number of hydrogen-bond donors (Lipinski definition) is 3. The first-order valence-electron chi connectivity index (χ1n) is 6.66. The highest BCUT2D eigenvalue weighted by Gasteiger charge is 2.17. The number of carbonyl (C=O) groups excluding carboxylic acids is 2. The molecule has 0 radical (unpaired) electrons. The minimum Gasteiger partial charge on any atom is -0.361 e. The Kier molecular flexibility index (Phi) is 4.08. The van der Waals surface area contributed by atoms with Crippen LogP contribution in [0.25, 0.3) is 10.9 Å². The van der Waals surface area contributed by atoms with Crippen LogP contribution in [0, 0.1) is 0 Å². The Bertz CT molecular complexity index is 631. The number of benzene rings is 1. The van der Waals surface area contributed by atoms with Gasteiger partial charge in [-0.25, -0.2) is 0 Å². The van der Waals surface area contributed by atoms with E-state index in [1.807, 2.05) is 32.2 Å². The highest BCUT2D eigenvalue weighted by Crippen LogP contribution is 2.14. The Morgan fingerprint density at radius 3 is 2.55 bits per heavy atom. The van der Waals surface area contributed by atoms with Crippen LogP contribution in [0.1, 0.15) is 31.1 Å². The van der Waals surface area contributed by atoms with E-state index in [4.69, 9.17) is 0 Å². The number of amides is 2. The van der Waals surface area contributed by atoms with Crippen molar-refractivity contribution in [2.45, 2.75) is 32.9 Å². The third-order valence-corrected chi connectivity index (χ3v) is 2.99. The summed E-state index contributed by atoms with van der Waals surface area (Å²) in [6.07, 6.45) is 1.82. The summed E-state index contributed by atoms with van der Waals surface area (Å²) in [5.74, 6) is -0.435. The van der Waals surface area contributed by atoms with Crippen molar-refractivity contribution in [3.8, 4) is 0 Å². The van der Waals surface area contributed by atoms with Gasteiger partial charge >= 0.3 is 0 Å². The average Bonchev–Trinajstić information content (AvgIpc) is 2.84. The van der Waals surface area contributed by atoms with Gasteiger partial charge in [0.2, 0.25) is 5.91 Å². The largest absolute Gasteiger partial charge is 0.361 e. The van der Waals surface area contributed by atoms with Crippen molar-refractivity contribution in [2.24, 2.45) is 0 Å². The van der Waals surface area contributed by atoms with Crippen molar-refractivity contribution < 1.29 is 9.59 Å². The van der Waals surface area contributed by atoms with Gasteiger partial charge in [-0.2, -0.15) is 0 Å². The summed E-state index contributed by atoms with van der Waals surface area (Å²) >= 11 is 0. The number of aromatic amines is 1. The number of carbonyl (C=O) groups is 2. The molecule has 5 nitrogen and oxygen atoms in total. The van der Waals surface area contributed by atoms with Crippen LogP contribution in [0.3, 0.4) is 0 Å². The fourth-order valence-corrected chi connectivity index (χ4v) is 1.95. The molecule has 1 aromatic carbocycles. The van der Waals surface area contributed by atoms with Gasteiger partial charge < -0.3 is 15.6 Å². The number of nitrogens with one attached hydrogen (secondary N) is 3. The number of hydrogen-bond acceptors (Lipinski definition) is 2. The lowest BCUT2D eigenvalue weighted by molar-refractivity contribution is -0.123. The molecule has 0 saturated carbocycles. The van der Waals surface area contributed by atoms with Crippen LogP contribution in [-0.4, -0.2) is 28.9 Å². The van der Waals surface area contributed by atoms with E-state index in [-0.39, 0.29) is 17.9 Å². The van der Waals surface area contributed by atoms with E-state index in [0.29, 0.717) is 5.56 Å². The van der Waals surface area contributed by atoms with E-state index in [0.717, 1.165) is 10.9 Å². The molecule has 0 fully saturated rings. The highest BCUT2D eigenvalue weighted by molar-refractivity contribution is 6.00. The molecule has 2 amide bonds. The normalized spacial score (nSPS) is 12.4. The van der Waals surface area contributed by atoms with Gasteiger partial charge in [-0.1, -0.05) is 0 Å². The molecule has 5 heteroatoms. The molecule has 0 aliphatic heterocycles. The van der Waals surface area contributed by atoms with E-state index in [9.17, 15) is 9.59 Å². The molecule has 106 valence electrons. The van der Waals surface area contributed by atoms with Crippen molar-refractivity contribution in [3.63, 3.8) is 0 Å². The first kappa shape index (κ1) is 14.1. The zero-order valence-electron chi connectivity index (χ0n) is 11.9. The summed E-state index contributed by atoms with van der Waals surface area (Å²) in [4.78, 5) is 26.9. The van der Waals surface area contributed by atoms with E-state index in [2.05, 4.69) is 15.6 Å². The number of fused-ring (bicyclic) bond motifs is 1. The molecule has 1 heterocycles. The van der Waals surface area contributed by atoms with Gasteiger partial charge in [-0.15, -0.1) is 0 Å². The number of H-pyrrole nitrogens is 1. The van der Waals surface area contributed by atoms with E-state index in [1.54, 1.807) is 19.1 Å².